The Balaban J connectivity index is 2.29. The third kappa shape index (κ3) is 6.17. The van der Waals surface area contributed by atoms with Gasteiger partial charge in [0.25, 0.3) is 0 Å². The topological polar surface area (TPSA) is 94.8 Å². The summed E-state index contributed by atoms with van der Waals surface area (Å²) < 4.78 is 5.04. The summed E-state index contributed by atoms with van der Waals surface area (Å²) in [6.07, 6.45) is 3.13. The minimum absolute atomic E-state index is 0.0146. The summed E-state index contributed by atoms with van der Waals surface area (Å²) in [5.41, 5.74) is 0. The number of nitrogens with one attached hydrogen (secondary N) is 2. The van der Waals surface area contributed by atoms with Crippen LogP contribution in [0.25, 0.3) is 0 Å². The van der Waals surface area contributed by atoms with E-state index < -0.39 is 11.9 Å². The average molecular weight is 281 g/mol. The van der Waals surface area contributed by atoms with Crippen LogP contribution in [-0.2, 0) is 11.3 Å². The van der Waals surface area contributed by atoms with Gasteiger partial charge in [-0.25, -0.2) is 4.79 Å². The Morgan fingerprint density at radius 2 is 2.30 bits per heavy atom. The van der Waals surface area contributed by atoms with E-state index in [0.717, 1.165) is 0 Å². The molecule has 110 valence electrons. The second kappa shape index (κ2) is 8.89. The Kier molecular flexibility index (Phi) is 7.08. The lowest BCUT2D eigenvalue weighted by molar-refractivity contribution is -0.121. The minimum Gasteiger partial charge on any atom is -0.467 e. The Labute approximate surface area is 117 Å². The maximum Gasteiger partial charge on any atom is 0.321 e. The Morgan fingerprint density at radius 3 is 2.90 bits per heavy atom. The first-order valence-electron chi connectivity index (χ1n) is 6.20. The third-order valence-electron chi connectivity index (χ3n) is 2.43. The van der Waals surface area contributed by atoms with E-state index in [-0.39, 0.29) is 19.7 Å². The van der Waals surface area contributed by atoms with Crippen molar-refractivity contribution in [3.05, 3.63) is 36.8 Å². The molecule has 7 nitrogen and oxygen atoms in total. The molecule has 0 unspecified atom stereocenters. The Hall–Kier alpha value is -2.12. The van der Waals surface area contributed by atoms with E-state index in [4.69, 9.17) is 9.52 Å². The minimum atomic E-state index is -0.589. The molecule has 0 aliphatic heterocycles. The fraction of sp³-hybridized carbons (Fsp3) is 0.385. The molecule has 0 radical (unpaired) electrons. The van der Waals surface area contributed by atoms with Crippen molar-refractivity contribution in [1.82, 2.24) is 15.5 Å². The van der Waals surface area contributed by atoms with E-state index in [1.165, 1.54) is 6.26 Å². The van der Waals surface area contributed by atoms with Crippen LogP contribution < -0.4 is 10.6 Å². The molecule has 0 saturated heterocycles. The molecule has 1 aromatic rings. The summed E-state index contributed by atoms with van der Waals surface area (Å²) >= 11 is 0. The highest BCUT2D eigenvalue weighted by molar-refractivity contribution is 5.95. The Bertz CT molecular complexity index is 431. The summed E-state index contributed by atoms with van der Waals surface area (Å²) in [6, 6.07) is 2.84. The first kappa shape index (κ1) is 15.9. The molecule has 0 aromatic carbocycles. The van der Waals surface area contributed by atoms with Crippen LogP contribution in [0.2, 0.25) is 0 Å². The first-order valence-corrected chi connectivity index (χ1v) is 6.20. The molecular formula is C13H19N3O4. The van der Waals surface area contributed by atoms with Gasteiger partial charge >= 0.3 is 6.03 Å². The molecular weight excluding hydrogens is 262 g/mol. The molecule has 3 amide bonds. The van der Waals surface area contributed by atoms with E-state index in [2.05, 4.69) is 17.2 Å². The van der Waals surface area contributed by atoms with Crippen LogP contribution in [0, 0.1) is 0 Å². The summed E-state index contributed by atoms with van der Waals surface area (Å²) in [5.74, 6) is 0.151. The number of hydrogen-bond donors (Lipinski definition) is 3. The van der Waals surface area contributed by atoms with Crippen LogP contribution >= 0.6 is 0 Å². The zero-order chi connectivity index (χ0) is 14.8. The number of rotatable bonds is 8. The number of furan rings is 1. The quantitative estimate of drug-likeness (QED) is 0.587. The van der Waals surface area contributed by atoms with Crippen molar-refractivity contribution in [1.29, 1.82) is 0 Å². The van der Waals surface area contributed by atoms with Gasteiger partial charge in [0.2, 0.25) is 5.91 Å². The number of amides is 3. The number of hydrogen-bond acceptors (Lipinski definition) is 5. The number of urea groups is 1. The first-order chi connectivity index (χ1) is 9.65. The SMILES string of the molecule is C=CCN(CCO)CC(=O)NC(=O)NCc1ccco1. The molecule has 0 fully saturated rings. The van der Waals surface area contributed by atoms with Crippen LogP contribution in [0.4, 0.5) is 4.79 Å². The van der Waals surface area contributed by atoms with Crippen molar-refractivity contribution in [3.63, 3.8) is 0 Å². The van der Waals surface area contributed by atoms with E-state index in [1.54, 1.807) is 23.1 Å². The van der Waals surface area contributed by atoms with E-state index in [0.29, 0.717) is 18.8 Å². The molecule has 0 aliphatic rings. The van der Waals surface area contributed by atoms with Gasteiger partial charge in [0.15, 0.2) is 0 Å². The fourth-order valence-electron chi connectivity index (χ4n) is 1.55. The molecule has 1 rings (SSSR count). The van der Waals surface area contributed by atoms with E-state index in [1.807, 2.05) is 0 Å². The van der Waals surface area contributed by atoms with Gasteiger partial charge in [-0.1, -0.05) is 6.08 Å². The van der Waals surface area contributed by atoms with Gasteiger partial charge in [-0.3, -0.25) is 15.0 Å². The Morgan fingerprint density at radius 1 is 1.50 bits per heavy atom. The largest absolute Gasteiger partial charge is 0.467 e. The van der Waals surface area contributed by atoms with Crippen LogP contribution in [0.15, 0.2) is 35.5 Å². The van der Waals surface area contributed by atoms with Gasteiger partial charge in [-0.15, -0.1) is 6.58 Å². The molecule has 0 atom stereocenters. The molecule has 20 heavy (non-hydrogen) atoms. The van der Waals surface area contributed by atoms with E-state index >= 15 is 0 Å². The maximum absolute atomic E-state index is 11.6. The summed E-state index contributed by atoms with van der Waals surface area (Å²) in [4.78, 5) is 24.8. The number of carbonyl (C=O) groups is 2. The van der Waals surface area contributed by atoms with Crippen LogP contribution in [0.3, 0.4) is 0 Å². The standard InChI is InChI=1S/C13H19N3O4/c1-2-5-16(6-7-17)10-12(18)15-13(19)14-9-11-4-3-8-20-11/h2-4,8,17H,1,5-7,9-10H2,(H2,14,15,18,19). The predicted molar refractivity (Wildman–Crippen MR) is 72.8 cm³/mol. The fourth-order valence-corrected chi connectivity index (χ4v) is 1.55. The number of imide groups is 1. The van der Waals surface area contributed by atoms with Gasteiger partial charge in [-0.2, -0.15) is 0 Å². The van der Waals surface area contributed by atoms with Gasteiger partial charge in [0.1, 0.15) is 5.76 Å². The van der Waals surface area contributed by atoms with Gasteiger partial charge in [0, 0.05) is 13.1 Å². The van der Waals surface area contributed by atoms with Crippen LogP contribution in [0.5, 0.6) is 0 Å². The second-order valence-electron chi connectivity index (χ2n) is 4.06. The third-order valence-corrected chi connectivity index (χ3v) is 2.43. The number of nitrogens with zero attached hydrogens (tertiary/aromatic N) is 1. The lowest BCUT2D eigenvalue weighted by Gasteiger charge is -2.18. The van der Waals surface area contributed by atoms with Gasteiger partial charge < -0.3 is 14.8 Å². The van der Waals surface area contributed by atoms with Crippen LogP contribution in [-0.4, -0.2) is 48.2 Å². The molecule has 1 aromatic heterocycles. The monoisotopic (exact) mass is 281 g/mol. The zero-order valence-electron chi connectivity index (χ0n) is 11.2. The van der Waals surface area contributed by atoms with Crippen molar-refractivity contribution in [2.75, 3.05) is 26.2 Å². The van der Waals surface area contributed by atoms with Crippen molar-refractivity contribution >= 4 is 11.9 Å². The summed E-state index contributed by atoms with van der Waals surface area (Å²) in [5, 5.41) is 13.6. The summed E-state index contributed by atoms with van der Waals surface area (Å²) in [7, 11) is 0. The molecule has 3 N–H and O–H groups in total. The smallest absolute Gasteiger partial charge is 0.321 e. The highest BCUT2D eigenvalue weighted by atomic mass is 16.3. The van der Waals surface area contributed by atoms with Crippen molar-refractivity contribution < 1.29 is 19.1 Å². The normalized spacial score (nSPS) is 10.3. The van der Waals surface area contributed by atoms with E-state index in [9.17, 15) is 9.59 Å². The molecule has 0 spiro atoms. The highest BCUT2D eigenvalue weighted by Crippen LogP contribution is 1.98. The van der Waals surface area contributed by atoms with Crippen LogP contribution in [0.1, 0.15) is 5.76 Å². The molecule has 0 bridgehead atoms. The lowest BCUT2D eigenvalue weighted by Crippen LogP contribution is -2.44. The van der Waals surface area contributed by atoms with Gasteiger partial charge in [-0.05, 0) is 12.1 Å². The highest BCUT2D eigenvalue weighted by Gasteiger charge is 2.12. The molecule has 1 heterocycles. The maximum atomic E-state index is 11.6. The van der Waals surface area contributed by atoms with Crippen molar-refractivity contribution in [2.45, 2.75) is 6.54 Å². The number of aliphatic hydroxyl groups is 1. The number of aliphatic hydroxyl groups excluding tert-OH is 1. The molecule has 7 heteroatoms. The van der Waals surface area contributed by atoms with Gasteiger partial charge in [0.05, 0.1) is 26.0 Å². The lowest BCUT2D eigenvalue weighted by atomic mass is 10.4. The summed E-state index contributed by atoms with van der Waals surface area (Å²) in [6.45, 7) is 4.52. The second-order valence-corrected chi connectivity index (χ2v) is 4.06. The average Bonchev–Trinajstić information content (AvgIpc) is 2.90. The zero-order valence-corrected chi connectivity index (χ0v) is 11.2. The number of carbonyl (C=O) groups excluding carboxylic acids is 2. The van der Waals surface area contributed by atoms with Crippen molar-refractivity contribution in [2.24, 2.45) is 0 Å². The molecule has 0 aliphatic carbocycles. The molecule has 0 saturated carbocycles. The van der Waals surface area contributed by atoms with Crippen molar-refractivity contribution in [3.8, 4) is 0 Å². The predicted octanol–water partition coefficient (Wildman–Crippen LogP) is 0.0857.